The molecule has 0 atom stereocenters. The molecule has 0 saturated heterocycles. The van der Waals surface area contributed by atoms with E-state index in [2.05, 4.69) is 20.0 Å². The van der Waals surface area contributed by atoms with Crippen molar-refractivity contribution < 1.29 is 37.0 Å². The van der Waals surface area contributed by atoms with Gasteiger partial charge in [-0.15, -0.1) is 0 Å². The van der Waals surface area contributed by atoms with Crippen molar-refractivity contribution in [1.82, 2.24) is 19.3 Å². The second-order valence-corrected chi connectivity index (χ2v) is 13.1. The maximum Gasteiger partial charge on any atom is 0.305 e. The number of rotatable bonds is 16. The number of amides is 1. The van der Waals surface area contributed by atoms with Crippen molar-refractivity contribution in [1.29, 1.82) is 0 Å². The van der Waals surface area contributed by atoms with Crippen molar-refractivity contribution in [2.75, 3.05) is 34.5 Å². The Hall–Kier alpha value is -4.30. The number of carbonyl (C=O) groups excluding carboxylic acids is 2. The van der Waals surface area contributed by atoms with Gasteiger partial charge in [0.15, 0.2) is 11.8 Å². The fourth-order valence-electron chi connectivity index (χ4n) is 4.73. The molecule has 0 fully saturated rings. The summed E-state index contributed by atoms with van der Waals surface area (Å²) in [6.45, 7) is 4.07. The van der Waals surface area contributed by atoms with Crippen LogP contribution in [0.1, 0.15) is 42.5 Å². The van der Waals surface area contributed by atoms with Gasteiger partial charge in [0.1, 0.15) is 17.2 Å². The van der Waals surface area contributed by atoms with Gasteiger partial charge in [-0.1, -0.05) is 18.2 Å². The summed E-state index contributed by atoms with van der Waals surface area (Å²) in [5.74, 6) is 1.45. The van der Waals surface area contributed by atoms with Crippen LogP contribution in [0.4, 0.5) is 0 Å². The van der Waals surface area contributed by atoms with E-state index in [-0.39, 0.29) is 28.5 Å². The van der Waals surface area contributed by atoms with Gasteiger partial charge in [-0.3, -0.25) is 14.6 Å². The SMILES string of the molecule is COC(=O)CCCCCNC(=O)COc1ccc(S(=O)(=O)n2c(SCc3ncc(C)c(OC)c3C)nc3cc(OC)ccc32)cc1. The molecule has 4 rings (SSSR count). The first-order valence-electron chi connectivity index (χ1n) is 14.6. The van der Waals surface area contributed by atoms with Crippen LogP contribution in [0.25, 0.3) is 11.0 Å². The maximum absolute atomic E-state index is 14.0. The van der Waals surface area contributed by atoms with E-state index >= 15 is 0 Å². The van der Waals surface area contributed by atoms with E-state index in [0.717, 1.165) is 35.4 Å². The Balaban J connectivity index is 1.47. The number of carbonyl (C=O) groups is 2. The average Bonchev–Trinajstić information content (AvgIpc) is 3.43. The number of pyridine rings is 1. The zero-order chi connectivity index (χ0) is 33.3. The van der Waals surface area contributed by atoms with Crippen LogP contribution in [0.5, 0.6) is 17.2 Å². The summed E-state index contributed by atoms with van der Waals surface area (Å²) in [4.78, 5) is 32.6. The van der Waals surface area contributed by atoms with Crippen LogP contribution in [0.15, 0.2) is 58.7 Å². The number of methoxy groups -OCH3 is 3. The fourth-order valence-corrected chi connectivity index (χ4v) is 7.47. The van der Waals surface area contributed by atoms with Gasteiger partial charge >= 0.3 is 5.97 Å². The smallest absolute Gasteiger partial charge is 0.305 e. The van der Waals surface area contributed by atoms with Gasteiger partial charge in [-0.2, -0.15) is 0 Å². The highest BCUT2D eigenvalue weighted by Gasteiger charge is 2.26. The Morgan fingerprint density at radius 2 is 1.70 bits per heavy atom. The van der Waals surface area contributed by atoms with E-state index in [1.807, 2.05) is 13.8 Å². The van der Waals surface area contributed by atoms with Crippen LogP contribution < -0.4 is 19.5 Å². The topological polar surface area (TPSA) is 148 Å². The van der Waals surface area contributed by atoms with Gasteiger partial charge in [0.2, 0.25) is 0 Å². The molecule has 1 N–H and O–H groups in total. The first-order chi connectivity index (χ1) is 22.1. The summed E-state index contributed by atoms with van der Waals surface area (Å²) in [6.07, 6.45) is 4.28. The molecule has 12 nitrogen and oxygen atoms in total. The number of hydrogen-bond acceptors (Lipinski definition) is 11. The summed E-state index contributed by atoms with van der Waals surface area (Å²) in [5, 5.41) is 3.04. The predicted molar refractivity (Wildman–Crippen MR) is 174 cm³/mol. The zero-order valence-corrected chi connectivity index (χ0v) is 28.1. The summed E-state index contributed by atoms with van der Waals surface area (Å²) < 4.78 is 50.4. The van der Waals surface area contributed by atoms with Gasteiger partial charge in [0.05, 0.1) is 43.0 Å². The average molecular weight is 671 g/mol. The van der Waals surface area contributed by atoms with Gasteiger partial charge in [0, 0.05) is 42.1 Å². The van der Waals surface area contributed by atoms with Gasteiger partial charge in [0.25, 0.3) is 15.9 Å². The van der Waals surface area contributed by atoms with E-state index < -0.39 is 10.0 Å². The Bertz CT molecular complexity index is 1790. The highest BCUT2D eigenvalue weighted by atomic mass is 32.2. The number of fused-ring (bicyclic) bond motifs is 1. The molecular formula is C32H38N4O8S2. The van der Waals surface area contributed by atoms with E-state index in [9.17, 15) is 18.0 Å². The number of ether oxygens (including phenoxy) is 4. The summed E-state index contributed by atoms with van der Waals surface area (Å²) in [7, 11) is 0.400. The van der Waals surface area contributed by atoms with Crippen LogP contribution >= 0.6 is 11.8 Å². The molecule has 0 aliphatic rings. The maximum atomic E-state index is 14.0. The van der Waals surface area contributed by atoms with Gasteiger partial charge in [-0.25, -0.2) is 17.4 Å². The molecule has 4 aromatic rings. The monoisotopic (exact) mass is 670 g/mol. The van der Waals surface area contributed by atoms with E-state index in [1.165, 1.54) is 54.2 Å². The number of imidazole rings is 1. The number of aromatic nitrogens is 3. The Labute approximate surface area is 272 Å². The third kappa shape index (κ3) is 8.29. The molecular weight excluding hydrogens is 633 g/mol. The third-order valence-corrected chi connectivity index (χ3v) is 10.0. The molecule has 0 spiro atoms. The lowest BCUT2D eigenvalue weighted by Crippen LogP contribution is -2.29. The summed E-state index contributed by atoms with van der Waals surface area (Å²) in [6, 6.07) is 10.9. The minimum absolute atomic E-state index is 0.0273. The number of unbranched alkanes of at least 4 members (excludes halogenated alkanes) is 2. The van der Waals surface area contributed by atoms with Crippen molar-refractivity contribution in [2.24, 2.45) is 0 Å². The molecule has 0 bridgehead atoms. The van der Waals surface area contributed by atoms with E-state index in [4.69, 9.17) is 14.2 Å². The van der Waals surface area contributed by atoms with Crippen molar-refractivity contribution in [2.45, 2.75) is 55.3 Å². The predicted octanol–water partition coefficient (Wildman–Crippen LogP) is 4.82. The molecule has 0 aliphatic carbocycles. The Morgan fingerprint density at radius 3 is 2.39 bits per heavy atom. The van der Waals surface area contributed by atoms with Gasteiger partial charge in [-0.05, 0) is 63.1 Å². The van der Waals surface area contributed by atoms with E-state index in [1.54, 1.807) is 31.5 Å². The molecule has 2 aromatic heterocycles. The lowest BCUT2D eigenvalue weighted by molar-refractivity contribution is -0.140. The molecule has 2 aromatic carbocycles. The van der Waals surface area contributed by atoms with E-state index in [0.29, 0.717) is 47.7 Å². The van der Waals surface area contributed by atoms with Crippen LogP contribution in [0.2, 0.25) is 0 Å². The molecule has 0 saturated carbocycles. The second kappa shape index (κ2) is 15.8. The molecule has 1 amide bonds. The molecule has 2 heterocycles. The molecule has 0 aliphatic heterocycles. The van der Waals surface area contributed by atoms with Gasteiger partial charge < -0.3 is 24.3 Å². The van der Waals surface area contributed by atoms with Crippen LogP contribution in [0.3, 0.4) is 0 Å². The lowest BCUT2D eigenvalue weighted by atomic mass is 10.1. The number of nitrogens with one attached hydrogen (secondary N) is 1. The first-order valence-corrected chi connectivity index (χ1v) is 17.0. The first kappa shape index (κ1) is 34.6. The minimum Gasteiger partial charge on any atom is -0.497 e. The van der Waals surface area contributed by atoms with Crippen LogP contribution in [0, 0.1) is 13.8 Å². The number of thioether (sulfide) groups is 1. The van der Waals surface area contributed by atoms with Crippen molar-refractivity contribution in [3.63, 3.8) is 0 Å². The van der Waals surface area contributed by atoms with Crippen molar-refractivity contribution in [3.8, 4) is 17.2 Å². The third-order valence-electron chi connectivity index (χ3n) is 7.22. The fraction of sp³-hybridized carbons (Fsp3) is 0.375. The number of benzene rings is 2. The second-order valence-electron chi connectivity index (χ2n) is 10.4. The van der Waals surface area contributed by atoms with Crippen molar-refractivity contribution in [3.05, 3.63) is 65.5 Å². The zero-order valence-electron chi connectivity index (χ0n) is 26.5. The number of esters is 1. The lowest BCUT2D eigenvalue weighted by Gasteiger charge is -2.13. The Kier molecular flexibility index (Phi) is 11.9. The Morgan fingerprint density at radius 1 is 0.957 bits per heavy atom. The van der Waals surface area contributed by atoms with Crippen LogP contribution in [-0.4, -0.2) is 68.7 Å². The molecule has 46 heavy (non-hydrogen) atoms. The largest absolute Gasteiger partial charge is 0.497 e. The number of aryl methyl sites for hydroxylation is 1. The van der Waals surface area contributed by atoms with Crippen LogP contribution in [-0.2, 0) is 30.1 Å². The standard InChI is InChI=1S/C32H38N4O8S2/c1-21-18-34-27(22(2)31(21)43-5)20-45-32-35-26-17-24(41-3)12-15-28(26)36(32)46(39,40)25-13-10-23(11-14-25)44-19-29(37)33-16-8-6-7-9-30(38)42-4/h10-15,17-18H,6-9,16,19-20H2,1-5H3,(H,33,37). The molecule has 0 unspecified atom stereocenters. The number of hydrogen-bond donors (Lipinski definition) is 1. The normalized spacial score (nSPS) is 11.3. The highest BCUT2D eigenvalue weighted by molar-refractivity contribution is 7.99. The highest BCUT2D eigenvalue weighted by Crippen LogP contribution is 2.34. The number of nitrogens with zero attached hydrogens (tertiary/aromatic N) is 3. The molecule has 14 heteroatoms. The van der Waals surface area contributed by atoms with Crippen molar-refractivity contribution >= 4 is 44.7 Å². The minimum atomic E-state index is -4.10. The summed E-state index contributed by atoms with van der Waals surface area (Å²) in [5.41, 5.74) is 3.41. The molecule has 246 valence electrons. The summed E-state index contributed by atoms with van der Waals surface area (Å²) >= 11 is 1.25. The molecule has 0 radical (unpaired) electrons. The quantitative estimate of drug-likeness (QED) is 0.0994.